The number of fused-ring (bicyclic) bond motifs is 3. The van der Waals surface area contributed by atoms with E-state index in [4.69, 9.17) is 23.7 Å². The SMILES string of the molecule is C=C1C(OC(=O)CC(c2ccccc2)N(C)C)CCC2(C)C(OC(C)=O)C(OC(C)=O)C3=C(C)C(OC(C)=O)CC(O)(C(OC(C)=O)C12)C3(C)C. The molecular weight excluding hydrogens is 658 g/mol. The third-order valence-electron chi connectivity index (χ3n) is 11.2. The Hall–Kier alpha value is -4.03. The Morgan fingerprint density at radius 1 is 0.843 bits per heavy atom. The third-order valence-corrected chi connectivity index (χ3v) is 11.2. The van der Waals surface area contributed by atoms with E-state index >= 15 is 0 Å². The second-order valence-electron chi connectivity index (χ2n) is 15.2. The lowest BCUT2D eigenvalue weighted by molar-refractivity contribution is -0.243. The summed E-state index contributed by atoms with van der Waals surface area (Å²) >= 11 is 0. The van der Waals surface area contributed by atoms with Crippen LogP contribution in [0.15, 0.2) is 53.6 Å². The molecule has 0 saturated heterocycles. The molecular formula is C39H53NO11. The van der Waals surface area contributed by atoms with Crippen molar-refractivity contribution in [3.8, 4) is 0 Å². The van der Waals surface area contributed by atoms with Crippen molar-refractivity contribution in [1.29, 1.82) is 0 Å². The molecule has 2 saturated carbocycles. The molecule has 1 N–H and O–H groups in total. The predicted molar refractivity (Wildman–Crippen MR) is 186 cm³/mol. The topological polar surface area (TPSA) is 155 Å². The van der Waals surface area contributed by atoms with Crippen LogP contribution in [0.1, 0.15) is 92.7 Å². The number of hydrogen-bond donors (Lipinski definition) is 1. The van der Waals surface area contributed by atoms with Crippen LogP contribution < -0.4 is 0 Å². The van der Waals surface area contributed by atoms with Gasteiger partial charge in [0.15, 0.2) is 6.10 Å². The van der Waals surface area contributed by atoms with E-state index < -0.39 is 82.7 Å². The summed E-state index contributed by atoms with van der Waals surface area (Å²) in [5, 5.41) is 13.1. The van der Waals surface area contributed by atoms with Gasteiger partial charge in [-0.05, 0) is 56.1 Å². The van der Waals surface area contributed by atoms with Gasteiger partial charge in [0.2, 0.25) is 0 Å². The van der Waals surface area contributed by atoms with Crippen molar-refractivity contribution in [2.24, 2.45) is 16.7 Å². The Morgan fingerprint density at radius 2 is 1.39 bits per heavy atom. The molecule has 12 heteroatoms. The number of carbonyl (C=O) groups excluding carboxylic acids is 5. The standard InChI is InChI=1S/C39H53NO11/c1-21-29(51-31(45)19-28(40(10)11)27-15-13-12-14-16-27)17-18-38(9)33(21)35(49-25(5)43)39(46)20-30(47-23(3)41)22(2)32(37(39,7)8)34(48-24(4)42)36(38)50-26(6)44/h12-16,28-30,33-36,46H,1,17-20H2,2-11H3. The molecule has 0 spiro atoms. The smallest absolute Gasteiger partial charge is 0.308 e. The maximum absolute atomic E-state index is 13.7. The van der Waals surface area contributed by atoms with Crippen molar-refractivity contribution in [1.82, 2.24) is 4.90 Å². The van der Waals surface area contributed by atoms with Crippen LogP contribution in [0.2, 0.25) is 0 Å². The van der Waals surface area contributed by atoms with Gasteiger partial charge in [-0.2, -0.15) is 0 Å². The van der Waals surface area contributed by atoms with Crippen LogP contribution in [0.4, 0.5) is 0 Å². The van der Waals surface area contributed by atoms with E-state index in [0.717, 1.165) is 5.56 Å². The lowest BCUT2D eigenvalue weighted by atomic mass is 9.47. The predicted octanol–water partition coefficient (Wildman–Crippen LogP) is 4.78. The van der Waals surface area contributed by atoms with E-state index in [-0.39, 0.29) is 31.7 Å². The van der Waals surface area contributed by atoms with E-state index in [9.17, 15) is 29.1 Å². The highest BCUT2D eigenvalue weighted by atomic mass is 16.6. The summed E-state index contributed by atoms with van der Waals surface area (Å²) < 4.78 is 30.1. The van der Waals surface area contributed by atoms with Crippen LogP contribution in [0.25, 0.3) is 0 Å². The molecule has 4 rings (SSSR count). The zero-order valence-electron chi connectivity index (χ0n) is 31.4. The lowest BCUT2D eigenvalue weighted by Crippen LogP contribution is -2.71. The molecule has 2 fully saturated rings. The zero-order chi connectivity index (χ0) is 38.2. The molecule has 1 aromatic rings. The average Bonchev–Trinajstić information content (AvgIpc) is 3.01. The van der Waals surface area contributed by atoms with Crippen LogP contribution in [0, 0.1) is 16.7 Å². The first-order valence-electron chi connectivity index (χ1n) is 17.4. The highest BCUT2D eigenvalue weighted by Crippen LogP contribution is 2.62. The van der Waals surface area contributed by atoms with Crippen molar-refractivity contribution < 1.29 is 52.8 Å². The Labute approximate surface area is 300 Å². The first-order valence-corrected chi connectivity index (χ1v) is 17.4. The summed E-state index contributed by atoms with van der Waals surface area (Å²) in [4.78, 5) is 66.7. The van der Waals surface area contributed by atoms with Crippen molar-refractivity contribution in [3.63, 3.8) is 0 Å². The van der Waals surface area contributed by atoms with Crippen molar-refractivity contribution in [2.45, 2.75) is 123 Å². The second-order valence-corrected chi connectivity index (χ2v) is 15.2. The Balaban J connectivity index is 1.91. The van der Waals surface area contributed by atoms with Crippen LogP contribution in [0.3, 0.4) is 0 Å². The maximum atomic E-state index is 13.7. The molecule has 1 aromatic carbocycles. The molecule has 3 aliphatic carbocycles. The number of carbonyl (C=O) groups is 5. The van der Waals surface area contributed by atoms with Crippen LogP contribution >= 0.6 is 0 Å². The molecule has 2 bridgehead atoms. The van der Waals surface area contributed by atoms with Gasteiger partial charge in [-0.3, -0.25) is 24.0 Å². The van der Waals surface area contributed by atoms with Gasteiger partial charge in [0, 0.05) is 56.9 Å². The van der Waals surface area contributed by atoms with Crippen molar-refractivity contribution in [3.05, 3.63) is 59.2 Å². The van der Waals surface area contributed by atoms with Gasteiger partial charge in [0.1, 0.15) is 30.0 Å². The van der Waals surface area contributed by atoms with E-state index in [1.165, 1.54) is 27.7 Å². The minimum Gasteiger partial charge on any atom is -0.459 e. The molecule has 9 atom stereocenters. The van der Waals surface area contributed by atoms with E-state index in [1.807, 2.05) is 56.3 Å². The van der Waals surface area contributed by atoms with Gasteiger partial charge in [0.05, 0.1) is 6.42 Å². The molecule has 0 aromatic heterocycles. The van der Waals surface area contributed by atoms with Gasteiger partial charge in [-0.1, -0.05) is 57.7 Å². The molecule has 3 aliphatic rings. The first-order chi connectivity index (χ1) is 23.6. The minimum absolute atomic E-state index is 0.0369. The molecule has 0 aliphatic heterocycles. The number of benzene rings is 1. The zero-order valence-corrected chi connectivity index (χ0v) is 31.4. The minimum atomic E-state index is -1.96. The fraction of sp³-hybridized carbons (Fsp3) is 0.615. The fourth-order valence-electron chi connectivity index (χ4n) is 8.80. The summed E-state index contributed by atoms with van der Waals surface area (Å²) in [6.07, 6.45) is -5.32. The monoisotopic (exact) mass is 711 g/mol. The summed E-state index contributed by atoms with van der Waals surface area (Å²) in [5.41, 5.74) is -2.30. The van der Waals surface area contributed by atoms with Gasteiger partial charge in [0.25, 0.3) is 0 Å². The van der Waals surface area contributed by atoms with Crippen molar-refractivity contribution in [2.75, 3.05) is 14.1 Å². The third kappa shape index (κ3) is 7.62. The average molecular weight is 712 g/mol. The Morgan fingerprint density at radius 3 is 1.92 bits per heavy atom. The Bertz CT molecular complexity index is 1580. The van der Waals surface area contributed by atoms with Crippen LogP contribution in [-0.2, 0) is 47.7 Å². The summed E-state index contributed by atoms with van der Waals surface area (Å²) in [6, 6.07) is 9.31. The van der Waals surface area contributed by atoms with Gasteiger partial charge in [-0.15, -0.1) is 0 Å². The van der Waals surface area contributed by atoms with E-state index in [1.54, 1.807) is 20.8 Å². The quantitative estimate of drug-likeness (QED) is 0.213. The largest absolute Gasteiger partial charge is 0.459 e. The molecule has 280 valence electrons. The van der Waals surface area contributed by atoms with Crippen LogP contribution in [-0.4, -0.2) is 90.1 Å². The number of esters is 5. The molecule has 0 amide bonds. The Kier molecular flexibility index (Phi) is 11.6. The molecule has 9 unspecified atom stereocenters. The molecule has 0 heterocycles. The normalized spacial score (nSPS) is 32.0. The number of aliphatic hydroxyl groups is 1. The second kappa shape index (κ2) is 14.9. The summed E-state index contributed by atoms with van der Waals surface area (Å²) in [6.45, 7) is 16.3. The molecule has 12 nitrogen and oxygen atoms in total. The highest BCUT2D eigenvalue weighted by molar-refractivity contribution is 5.71. The molecule has 0 radical (unpaired) electrons. The number of rotatable bonds is 9. The highest BCUT2D eigenvalue weighted by Gasteiger charge is 2.69. The fourth-order valence-corrected chi connectivity index (χ4v) is 8.80. The van der Waals surface area contributed by atoms with Gasteiger partial charge < -0.3 is 33.7 Å². The van der Waals surface area contributed by atoms with Gasteiger partial charge in [-0.25, -0.2) is 0 Å². The first kappa shape index (κ1) is 39.8. The number of nitrogens with zero attached hydrogens (tertiary/aromatic N) is 1. The summed E-state index contributed by atoms with van der Waals surface area (Å²) in [7, 11) is 3.76. The summed E-state index contributed by atoms with van der Waals surface area (Å²) in [5.74, 6) is -4.13. The van der Waals surface area contributed by atoms with Crippen LogP contribution in [0.5, 0.6) is 0 Å². The van der Waals surface area contributed by atoms with E-state index in [2.05, 4.69) is 6.58 Å². The van der Waals surface area contributed by atoms with Gasteiger partial charge >= 0.3 is 29.8 Å². The van der Waals surface area contributed by atoms with Crippen molar-refractivity contribution >= 4 is 29.8 Å². The maximum Gasteiger partial charge on any atom is 0.308 e. The molecule has 51 heavy (non-hydrogen) atoms. The number of ether oxygens (including phenoxy) is 5. The number of hydrogen-bond acceptors (Lipinski definition) is 12. The van der Waals surface area contributed by atoms with E-state index in [0.29, 0.717) is 16.7 Å². The lowest BCUT2D eigenvalue weighted by Gasteiger charge is -2.63.